The van der Waals surface area contributed by atoms with Crippen LogP contribution in [0.25, 0.3) is 22.8 Å². The molecule has 1 aromatic carbocycles. The molecule has 6 heteroatoms. The second kappa shape index (κ2) is 4.55. The van der Waals surface area contributed by atoms with Crippen LogP contribution in [0.3, 0.4) is 0 Å². The molecule has 4 nitrogen and oxygen atoms in total. The van der Waals surface area contributed by atoms with Crippen LogP contribution in [0.5, 0.6) is 0 Å². The van der Waals surface area contributed by atoms with E-state index in [1.54, 1.807) is 11.3 Å². The van der Waals surface area contributed by atoms with Crippen LogP contribution in [0.4, 0.5) is 5.69 Å². The van der Waals surface area contributed by atoms with E-state index in [2.05, 4.69) is 26.1 Å². The number of benzene rings is 1. The van der Waals surface area contributed by atoms with E-state index in [1.807, 2.05) is 35.7 Å². The molecule has 0 aliphatic rings. The van der Waals surface area contributed by atoms with Gasteiger partial charge >= 0.3 is 0 Å². The average molecular weight is 322 g/mol. The number of nitrogens with two attached hydrogens (primary N) is 1. The standard InChI is InChI=1S/C12H8BrN3OS/c13-10-5-8(6-18-10)12-15-11(16-17-12)7-1-3-9(14)4-2-7/h1-6H,14H2. The fourth-order valence-corrected chi connectivity index (χ4v) is 2.64. The molecule has 2 heterocycles. The van der Waals surface area contributed by atoms with Crippen molar-refractivity contribution in [1.82, 2.24) is 10.1 Å². The topological polar surface area (TPSA) is 64.9 Å². The third-order valence-corrected chi connectivity index (χ3v) is 3.91. The highest BCUT2D eigenvalue weighted by Gasteiger charge is 2.11. The van der Waals surface area contributed by atoms with E-state index < -0.39 is 0 Å². The molecule has 0 spiro atoms. The van der Waals surface area contributed by atoms with Gasteiger partial charge in [0.15, 0.2) is 0 Å². The van der Waals surface area contributed by atoms with Gasteiger partial charge in [0.2, 0.25) is 5.82 Å². The molecule has 0 bridgehead atoms. The maximum atomic E-state index is 5.64. The Labute approximate surface area is 116 Å². The van der Waals surface area contributed by atoms with Crippen molar-refractivity contribution in [3.05, 3.63) is 39.5 Å². The first-order valence-corrected chi connectivity index (χ1v) is 6.84. The van der Waals surface area contributed by atoms with Gasteiger partial charge < -0.3 is 10.3 Å². The van der Waals surface area contributed by atoms with Gasteiger partial charge in [-0.3, -0.25) is 0 Å². The predicted molar refractivity (Wildman–Crippen MR) is 75.2 cm³/mol. The molecule has 90 valence electrons. The normalized spacial score (nSPS) is 10.7. The van der Waals surface area contributed by atoms with Gasteiger partial charge in [-0.05, 0) is 46.3 Å². The lowest BCUT2D eigenvalue weighted by Crippen LogP contribution is -1.85. The molecule has 2 N–H and O–H groups in total. The highest BCUT2D eigenvalue weighted by Crippen LogP contribution is 2.29. The summed E-state index contributed by atoms with van der Waals surface area (Å²) < 4.78 is 6.27. The number of rotatable bonds is 2. The Morgan fingerprint density at radius 2 is 1.94 bits per heavy atom. The van der Waals surface area contributed by atoms with E-state index >= 15 is 0 Å². The summed E-state index contributed by atoms with van der Waals surface area (Å²) in [5.41, 5.74) is 8.15. The number of halogens is 1. The monoisotopic (exact) mass is 321 g/mol. The zero-order valence-corrected chi connectivity index (χ0v) is 11.5. The zero-order chi connectivity index (χ0) is 12.5. The second-order valence-corrected chi connectivity index (χ2v) is 5.98. The Bertz CT molecular complexity index is 675. The largest absolute Gasteiger partial charge is 0.399 e. The van der Waals surface area contributed by atoms with Gasteiger partial charge in [-0.15, -0.1) is 11.3 Å². The Hall–Kier alpha value is -1.66. The van der Waals surface area contributed by atoms with Gasteiger partial charge in [-0.25, -0.2) is 0 Å². The molecular weight excluding hydrogens is 314 g/mol. The van der Waals surface area contributed by atoms with Crippen LogP contribution < -0.4 is 5.73 Å². The number of nitrogens with zero attached hydrogens (tertiary/aromatic N) is 2. The zero-order valence-electron chi connectivity index (χ0n) is 9.13. The van der Waals surface area contributed by atoms with Crippen molar-refractivity contribution >= 4 is 33.0 Å². The van der Waals surface area contributed by atoms with Gasteiger partial charge in [0.1, 0.15) is 0 Å². The number of hydrogen-bond donors (Lipinski definition) is 1. The molecule has 0 saturated carbocycles. The van der Waals surface area contributed by atoms with Gasteiger partial charge in [-0.1, -0.05) is 5.16 Å². The molecular formula is C12H8BrN3OS. The van der Waals surface area contributed by atoms with Crippen molar-refractivity contribution in [1.29, 1.82) is 0 Å². The molecule has 3 rings (SSSR count). The van der Waals surface area contributed by atoms with Crippen LogP contribution in [0.15, 0.2) is 44.0 Å². The maximum absolute atomic E-state index is 5.64. The highest BCUT2D eigenvalue weighted by molar-refractivity contribution is 9.11. The number of nitrogen functional groups attached to an aromatic ring is 1. The third-order valence-electron chi connectivity index (χ3n) is 2.41. The fraction of sp³-hybridized carbons (Fsp3) is 0. The van der Waals surface area contributed by atoms with E-state index in [9.17, 15) is 0 Å². The molecule has 0 radical (unpaired) electrons. The van der Waals surface area contributed by atoms with Crippen molar-refractivity contribution in [2.24, 2.45) is 0 Å². The fourth-order valence-electron chi connectivity index (χ4n) is 1.51. The molecule has 0 amide bonds. The summed E-state index contributed by atoms with van der Waals surface area (Å²) in [6.07, 6.45) is 0. The highest BCUT2D eigenvalue weighted by atomic mass is 79.9. The minimum absolute atomic E-state index is 0.517. The van der Waals surface area contributed by atoms with E-state index in [0.717, 1.165) is 14.9 Å². The number of aromatic nitrogens is 2. The molecule has 0 unspecified atom stereocenters. The van der Waals surface area contributed by atoms with E-state index in [-0.39, 0.29) is 0 Å². The number of hydrogen-bond acceptors (Lipinski definition) is 5. The summed E-state index contributed by atoms with van der Waals surface area (Å²) in [4.78, 5) is 4.36. The molecule has 18 heavy (non-hydrogen) atoms. The number of thiophene rings is 1. The summed E-state index contributed by atoms with van der Waals surface area (Å²) in [5.74, 6) is 1.08. The first-order chi connectivity index (χ1) is 8.72. The van der Waals surface area contributed by atoms with Crippen LogP contribution in [0.2, 0.25) is 0 Å². The molecule has 0 aliphatic carbocycles. The minimum Gasteiger partial charge on any atom is -0.399 e. The molecule has 0 aliphatic heterocycles. The van der Waals surface area contributed by atoms with E-state index in [1.165, 1.54) is 0 Å². The van der Waals surface area contributed by atoms with Crippen molar-refractivity contribution in [2.45, 2.75) is 0 Å². The van der Waals surface area contributed by atoms with Gasteiger partial charge in [0, 0.05) is 16.6 Å². The van der Waals surface area contributed by atoms with Crippen LogP contribution >= 0.6 is 27.3 Å². The lowest BCUT2D eigenvalue weighted by atomic mass is 10.2. The quantitative estimate of drug-likeness (QED) is 0.729. The predicted octanol–water partition coefficient (Wildman–Crippen LogP) is 3.81. The third kappa shape index (κ3) is 2.16. The van der Waals surface area contributed by atoms with Crippen molar-refractivity contribution in [2.75, 3.05) is 5.73 Å². The molecule has 0 saturated heterocycles. The molecule has 0 fully saturated rings. The van der Waals surface area contributed by atoms with Crippen LogP contribution in [0.1, 0.15) is 0 Å². The lowest BCUT2D eigenvalue weighted by molar-refractivity contribution is 0.432. The SMILES string of the molecule is Nc1ccc(-c2noc(-c3csc(Br)c3)n2)cc1. The first-order valence-electron chi connectivity index (χ1n) is 5.16. The van der Waals surface area contributed by atoms with Gasteiger partial charge in [0.05, 0.1) is 9.35 Å². The summed E-state index contributed by atoms with van der Waals surface area (Å²) in [6.45, 7) is 0. The maximum Gasteiger partial charge on any atom is 0.259 e. The summed E-state index contributed by atoms with van der Waals surface area (Å²) in [6, 6.07) is 9.31. The first kappa shape index (κ1) is 11.4. The minimum atomic E-state index is 0.517. The average Bonchev–Trinajstić information content (AvgIpc) is 2.98. The summed E-state index contributed by atoms with van der Waals surface area (Å²) in [7, 11) is 0. The van der Waals surface area contributed by atoms with Gasteiger partial charge in [0.25, 0.3) is 5.89 Å². The summed E-state index contributed by atoms with van der Waals surface area (Å²) in [5, 5.41) is 5.93. The Balaban J connectivity index is 1.96. The van der Waals surface area contributed by atoms with Crippen molar-refractivity contribution < 1.29 is 4.52 Å². The summed E-state index contributed by atoms with van der Waals surface area (Å²) >= 11 is 4.98. The molecule has 3 aromatic rings. The van der Waals surface area contributed by atoms with E-state index in [4.69, 9.17) is 10.3 Å². The Morgan fingerprint density at radius 1 is 1.17 bits per heavy atom. The Morgan fingerprint density at radius 3 is 2.61 bits per heavy atom. The smallest absolute Gasteiger partial charge is 0.259 e. The molecule has 0 atom stereocenters. The lowest BCUT2D eigenvalue weighted by Gasteiger charge is -1.94. The van der Waals surface area contributed by atoms with Crippen molar-refractivity contribution in [3.63, 3.8) is 0 Å². The van der Waals surface area contributed by atoms with E-state index in [0.29, 0.717) is 17.4 Å². The van der Waals surface area contributed by atoms with Crippen molar-refractivity contribution in [3.8, 4) is 22.8 Å². The number of anilines is 1. The second-order valence-electron chi connectivity index (χ2n) is 3.68. The van der Waals surface area contributed by atoms with Crippen LogP contribution in [-0.4, -0.2) is 10.1 Å². The van der Waals surface area contributed by atoms with Gasteiger partial charge in [-0.2, -0.15) is 4.98 Å². The van der Waals surface area contributed by atoms with Crippen LogP contribution in [0, 0.1) is 0 Å². The van der Waals surface area contributed by atoms with Crippen LogP contribution in [-0.2, 0) is 0 Å². The molecule has 2 aromatic heterocycles. The Kier molecular flexibility index (Phi) is 2.89.